The molecule has 84 valence electrons. The minimum atomic E-state index is -0.0993. The summed E-state index contributed by atoms with van der Waals surface area (Å²) < 4.78 is 0. The molecular formula is C11H14N4O. The summed E-state index contributed by atoms with van der Waals surface area (Å²) in [7, 11) is 0. The van der Waals surface area contributed by atoms with Gasteiger partial charge in [0.2, 0.25) is 5.95 Å². The fourth-order valence-electron chi connectivity index (χ4n) is 1.20. The van der Waals surface area contributed by atoms with E-state index in [-0.39, 0.29) is 5.91 Å². The van der Waals surface area contributed by atoms with Gasteiger partial charge in [0.25, 0.3) is 5.91 Å². The largest absolute Gasteiger partial charge is 0.351 e. The molecule has 0 aromatic carbocycles. The van der Waals surface area contributed by atoms with Crippen LogP contribution in [0.2, 0.25) is 0 Å². The third kappa shape index (κ3) is 2.79. The number of hydrogen-bond donors (Lipinski definition) is 2. The number of nitrogens with one attached hydrogen (secondary N) is 2. The van der Waals surface area contributed by atoms with Crippen molar-refractivity contribution < 1.29 is 4.79 Å². The molecule has 1 aromatic heterocycles. The van der Waals surface area contributed by atoms with Gasteiger partial charge in [-0.3, -0.25) is 4.79 Å². The molecule has 0 aliphatic heterocycles. The lowest BCUT2D eigenvalue weighted by atomic mass is 10.3. The minimum Gasteiger partial charge on any atom is -0.351 e. The standard InChI is InChI=1S/C11H14N4O/c1-2-5-12-11-13-6-8(7-14-11)10(16)15-9-3-4-9/h2,6-7,9H,1,3-5H2,(H,15,16)(H,12,13,14). The number of carbonyl (C=O) groups is 1. The Morgan fingerprint density at radius 3 is 2.75 bits per heavy atom. The highest BCUT2D eigenvalue weighted by Crippen LogP contribution is 2.19. The second-order valence-corrected chi connectivity index (χ2v) is 3.71. The van der Waals surface area contributed by atoms with Gasteiger partial charge in [-0.1, -0.05) is 6.08 Å². The van der Waals surface area contributed by atoms with E-state index in [1.54, 1.807) is 6.08 Å². The number of carbonyl (C=O) groups excluding carboxylic acids is 1. The van der Waals surface area contributed by atoms with Gasteiger partial charge in [0, 0.05) is 25.0 Å². The number of nitrogens with zero attached hydrogens (tertiary/aromatic N) is 2. The molecule has 0 unspecified atom stereocenters. The zero-order chi connectivity index (χ0) is 11.4. The average molecular weight is 218 g/mol. The first-order chi connectivity index (χ1) is 7.79. The van der Waals surface area contributed by atoms with E-state index < -0.39 is 0 Å². The molecule has 1 aliphatic carbocycles. The van der Waals surface area contributed by atoms with Crippen molar-refractivity contribution in [2.75, 3.05) is 11.9 Å². The zero-order valence-corrected chi connectivity index (χ0v) is 8.94. The molecule has 1 heterocycles. The van der Waals surface area contributed by atoms with Gasteiger partial charge in [-0.25, -0.2) is 9.97 Å². The molecule has 5 heteroatoms. The fraction of sp³-hybridized carbons (Fsp3) is 0.364. The van der Waals surface area contributed by atoms with Gasteiger partial charge >= 0.3 is 0 Å². The summed E-state index contributed by atoms with van der Waals surface area (Å²) in [5, 5.41) is 5.82. The van der Waals surface area contributed by atoms with Crippen LogP contribution in [0.15, 0.2) is 25.0 Å². The van der Waals surface area contributed by atoms with Crippen LogP contribution >= 0.6 is 0 Å². The maximum atomic E-state index is 11.6. The molecule has 2 N–H and O–H groups in total. The predicted octanol–water partition coefficient (Wildman–Crippen LogP) is 0.967. The van der Waals surface area contributed by atoms with E-state index in [0.29, 0.717) is 24.1 Å². The van der Waals surface area contributed by atoms with Gasteiger partial charge in [0.15, 0.2) is 0 Å². The first kappa shape index (κ1) is 10.6. The summed E-state index contributed by atoms with van der Waals surface area (Å²) in [4.78, 5) is 19.7. The lowest BCUT2D eigenvalue weighted by Crippen LogP contribution is -2.25. The summed E-state index contributed by atoms with van der Waals surface area (Å²) in [5.74, 6) is 0.403. The molecule has 1 fully saturated rings. The van der Waals surface area contributed by atoms with Crippen LogP contribution in [0.3, 0.4) is 0 Å². The molecule has 1 aliphatic rings. The van der Waals surface area contributed by atoms with Crippen LogP contribution in [-0.2, 0) is 0 Å². The zero-order valence-electron chi connectivity index (χ0n) is 8.94. The first-order valence-corrected chi connectivity index (χ1v) is 5.27. The molecule has 0 bridgehead atoms. The maximum Gasteiger partial charge on any atom is 0.254 e. The normalized spacial score (nSPS) is 14.2. The van der Waals surface area contributed by atoms with Crippen LogP contribution in [0.25, 0.3) is 0 Å². The topological polar surface area (TPSA) is 66.9 Å². The van der Waals surface area contributed by atoms with E-state index in [1.165, 1.54) is 12.4 Å². The van der Waals surface area contributed by atoms with Crippen LogP contribution in [-0.4, -0.2) is 28.5 Å². The van der Waals surface area contributed by atoms with E-state index in [1.807, 2.05) is 0 Å². The molecule has 5 nitrogen and oxygen atoms in total. The quantitative estimate of drug-likeness (QED) is 0.722. The average Bonchev–Trinajstić information content (AvgIpc) is 3.11. The van der Waals surface area contributed by atoms with E-state index in [2.05, 4.69) is 27.2 Å². The first-order valence-electron chi connectivity index (χ1n) is 5.27. The van der Waals surface area contributed by atoms with E-state index in [4.69, 9.17) is 0 Å². The van der Waals surface area contributed by atoms with Gasteiger partial charge in [0.1, 0.15) is 0 Å². The van der Waals surface area contributed by atoms with Crippen molar-refractivity contribution in [3.05, 3.63) is 30.6 Å². The van der Waals surface area contributed by atoms with Crippen LogP contribution in [0.5, 0.6) is 0 Å². The molecule has 0 atom stereocenters. The Morgan fingerprint density at radius 1 is 1.50 bits per heavy atom. The highest BCUT2D eigenvalue weighted by Gasteiger charge is 2.23. The molecule has 1 aromatic rings. The number of rotatable bonds is 5. The molecule has 1 saturated carbocycles. The van der Waals surface area contributed by atoms with Crippen LogP contribution in [0.1, 0.15) is 23.2 Å². The molecule has 1 amide bonds. The summed E-state index contributed by atoms with van der Waals surface area (Å²) in [6, 6.07) is 0.353. The van der Waals surface area contributed by atoms with Gasteiger partial charge in [0.05, 0.1) is 5.56 Å². The Labute approximate surface area is 94.0 Å². The Bertz CT molecular complexity index is 383. The summed E-state index contributed by atoms with van der Waals surface area (Å²) >= 11 is 0. The molecule has 16 heavy (non-hydrogen) atoms. The van der Waals surface area contributed by atoms with Crippen LogP contribution < -0.4 is 10.6 Å². The van der Waals surface area contributed by atoms with Gasteiger partial charge in [-0.15, -0.1) is 6.58 Å². The minimum absolute atomic E-state index is 0.0993. The van der Waals surface area contributed by atoms with E-state index in [0.717, 1.165) is 12.8 Å². The van der Waals surface area contributed by atoms with Crippen molar-refractivity contribution in [2.24, 2.45) is 0 Å². The van der Waals surface area contributed by atoms with Crippen molar-refractivity contribution >= 4 is 11.9 Å². The third-order valence-electron chi connectivity index (χ3n) is 2.23. The number of anilines is 1. The van der Waals surface area contributed by atoms with E-state index in [9.17, 15) is 4.79 Å². The molecular weight excluding hydrogens is 204 g/mol. The summed E-state index contributed by atoms with van der Waals surface area (Å²) in [6.07, 6.45) is 6.92. The molecule has 2 rings (SSSR count). The highest BCUT2D eigenvalue weighted by atomic mass is 16.1. The fourth-order valence-corrected chi connectivity index (χ4v) is 1.20. The molecule has 0 saturated heterocycles. The lowest BCUT2D eigenvalue weighted by Gasteiger charge is -2.04. The van der Waals surface area contributed by atoms with Gasteiger partial charge in [-0.05, 0) is 12.8 Å². The van der Waals surface area contributed by atoms with Crippen molar-refractivity contribution in [2.45, 2.75) is 18.9 Å². The third-order valence-corrected chi connectivity index (χ3v) is 2.23. The Hall–Kier alpha value is -1.91. The van der Waals surface area contributed by atoms with Crippen LogP contribution in [0, 0.1) is 0 Å². The van der Waals surface area contributed by atoms with Crippen molar-refractivity contribution in [3.8, 4) is 0 Å². The molecule has 0 radical (unpaired) electrons. The Kier molecular flexibility index (Phi) is 3.14. The van der Waals surface area contributed by atoms with Gasteiger partial charge < -0.3 is 10.6 Å². The predicted molar refractivity (Wildman–Crippen MR) is 61.2 cm³/mol. The maximum absolute atomic E-state index is 11.6. The smallest absolute Gasteiger partial charge is 0.254 e. The Balaban J connectivity index is 1.94. The molecule has 0 spiro atoms. The highest BCUT2D eigenvalue weighted by molar-refractivity contribution is 5.94. The second kappa shape index (κ2) is 4.74. The van der Waals surface area contributed by atoms with Crippen molar-refractivity contribution in [1.82, 2.24) is 15.3 Å². The monoisotopic (exact) mass is 218 g/mol. The summed E-state index contributed by atoms with van der Waals surface area (Å²) in [6.45, 7) is 4.18. The second-order valence-electron chi connectivity index (χ2n) is 3.71. The number of aromatic nitrogens is 2. The van der Waals surface area contributed by atoms with Gasteiger partial charge in [-0.2, -0.15) is 0 Å². The van der Waals surface area contributed by atoms with Crippen molar-refractivity contribution in [3.63, 3.8) is 0 Å². The van der Waals surface area contributed by atoms with E-state index >= 15 is 0 Å². The lowest BCUT2D eigenvalue weighted by molar-refractivity contribution is 0.0950. The van der Waals surface area contributed by atoms with Crippen LogP contribution in [0.4, 0.5) is 5.95 Å². The SMILES string of the molecule is C=CCNc1ncc(C(=O)NC2CC2)cn1. The van der Waals surface area contributed by atoms with Crippen molar-refractivity contribution in [1.29, 1.82) is 0 Å². The summed E-state index contributed by atoms with van der Waals surface area (Å²) in [5.41, 5.74) is 0.496. The number of hydrogen-bond acceptors (Lipinski definition) is 4. The Morgan fingerprint density at radius 2 is 2.19 bits per heavy atom. The number of amides is 1.